The van der Waals surface area contributed by atoms with Gasteiger partial charge in [-0.3, -0.25) is 0 Å². The zero-order valence-corrected chi connectivity index (χ0v) is 11.8. The number of pyridine rings is 1. The normalized spacial score (nSPS) is 14.2. The number of fused-ring (bicyclic) bond motifs is 1. The van der Waals surface area contributed by atoms with Gasteiger partial charge < -0.3 is 15.2 Å². The molecule has 4 nitrogen and oxygen atoms in total. The van der Waals surface area contributed by atoms with Gasteiger partial charge in [-0.05, 0) is 43.7 Å². The van der Waals surface area contributed by atoms with Gasteiger partial charge in [0.2, 0.25) is 5.88 Å². The van der Waals surface area contributed by atoms with Crippen LogP contribution in [0.4, 0.5) is 0 Å². The molecule has 0 fully saturated rings. The molecule has 1 aliphatic rings. The number of aromatic nitrogens is 1. The van der Waals surface area contributed by atoms with Gasteiger partial charge in [0.25, 0.3) is 0 Å². The highest BCUT2D eigenvalue weighted by Gasteiger charge is 2.15. The lowest BCUT2D eigenvalue weighted by molar-refractivity contribution is 0.0985. The highest BCUT2D eigenvalue weighted by Crippen LogP contribution is 2.25. The molecule has 4 heteroatoms. The van der Waals surface area contributed by atoms with Crippen LogP contribution in [0.25, 0.3) is 0 Å². The van der Waals surface area contributed by atoms with Gasteiger partial charge in [0.05, 0.1) is 6.61 Å². The van der Waals surface area contributed by atoms with E-state index in [1.54, 1.807) is 0 Å². The summed E-state index contributed by atoms with van der Waals surface area (Å²) in [4.78, 5) is 4.64. The van der Waals surface area contributed by atoms with Crippen molar-refractivity contribution in [1.29, 1.82) is 0 Å². The minimum absolute atomic E-state index is 0.478. The summed E-state index contributed by atoms with van der Waals surface area (Å²) in [6.45, 7) is 4.50. The van der Waals surface area contributed by atoms with Crippen molar-refractivity contribution >= 4 is 0 Å². The van der Waals surface area contributed by atoms with Crippen LogP contribution < -0.4 is 10.5 Å². The van der Waals surface area contributed by atoms with Crippen LogP contribution in [-0.4, -0.2) is 24.8 Å². The van der Waals surface area contributed by atoms with Gasteiger partial charge in [-0.15, -0.1) is 0 Å². The average molecular weight is 264 g/mol. The van der Waals surface area contributed by atoms with E-state index in [0.717, 1.165) is 31.4 Å². The van der Waals surface area contributed by atoms with Crippen molar-refractivity contribution < 1.29 is 9.47 Å². The summed E-state index contributed by atoms with van der Waals surface area (Å²) >= 11 is 0. The third-order valence-electron chi connectivity index (χ3n) is 3.37. The lowest BCUT2D eigenvalue weighted by Gasteiger charge is -2.18. The smallest absolute Gasteiger partial charge is 0.218 e. The Labute approximate surface area is 115 Å². The molecule has 19 heavy (non-hydrogen) atoms. The molecule has 1 heterocycles. The van der Waals surface area contributed by atoms with Crippen LogP contribution in [0.5, 0.6) is 5.88 Å². The summed E-state index contributed by atoms with van der Waals surface area (Å²) in [7, 11) is 0. The third-order valence-corrected chi connectivity index (χ3v) is 3.37. The Morgan fingerprint density at radius 2 is 2.05 bits per heavy atom. The molecule has 0 saturated carbocycles. The number of rotatable bonds is 7. The number of hydrogen-bond acceptors (Lipinski definition) is 4. The predicted molar refractivity (Wildman–Crippen MR) is 75.4 cm³/mol. The minimum Gasteiger partial charge on any atom is -0.475 e. The molecule has 0 atom stereocenters. The molecular formula is C15H24N2O2. The van der Waals surface area contributed by atoms with Gasteiger partial charge in [0.1, 0.15) is 6.61 Å². The summed E-state index contributed by atoms with van der Waals surface area (Å²) in [5.41, 5.74) is 9.33. The average Bonchev–Trinajstić information content (AvgIpc) is 2.46. The Bertz CT molecular complexity index is 407. The van der Waals surface area contributed by atoms with Crippen LogP contribution in [0.1, 0.15) is 43.0 Å². The molecule has 0 unspecified atom stereocenters. The maximum absolute atomic E-state index is 5.78. The fourth-order valence-electron chi connectivity index (χ4n) is 2.38. The van der Waals surface area contributed by atoms with E-state index in [4.69, 9.17) is 15.2 Å². The fraction of sp³-hybridized carbons (Fsp3) is 0.667. The van der Waals surface area contributed by atoms with Gasteiger partial charge in [0, 0.05) is 24.4 Å². The zero-order valence-electron chi connectivity index (χ0n) is 11.8. The molecule has 0 spiro atoms. The standard InChI is InChI=1S/C15H24N2O2/c1-2-7-18-8-9-19-15-13(11-16)10-12-5-3-4-6-14(12)17-15/h10H,2-9,11,16H2,1H3. The van der Waals surface area contributed by atoms with Crippen LogP contribution in [-0.2, 0) is 24.1 Å². The SMILES string of the molecule is CCCOCCOc1nc2c(cc1CN)CCCC2. The van der Waals surface area contributed by atoms with Crippen molar-refractivity contribution in [3.63, 3.8) is 0 Å². The molecule has 1 aromatic heterocycles. The number of nitrogens with zero attached hydrogens (tertiary/aromatic N) is 1. The van der Waals surface area contributed by atoms with Crippen molar-refractivity contribution in [3.05, 3.63) is 22.9 Å². The number of hydrogen-bond donors (Lipinski definition) is 1. The third kappa shape index (κ3) is 3.91. The number of ether oxygens (including phenoxy) is 2. The molecule has 2 N–H and O–H groups in total. The van der Waals surface area contributed by atoms with Gasteiger partial charge in [-0.2, -0.15) is 0 Å². The van der Waals surface area contributed by atoms with Crippen LogP contribution in [0, 0.1) is 0 Å². The summed E-state index contributed by atoms with van der Waals surface area (Å²) in [5, 5.41) is 0. The Morgan fingerprint density at radius 3 is 2.84 bits per heavy atom. The molecule has 2 rings (SSSR count). The molecular weight excluding hydrogens is 240 g/mol. The van der Waals surface area contributed by atoms with E-state index < -0.39 is 0 Å². The Balaban J connectivity index is 1.98. The van der Waals surface area contributed by atoms with Crippen LogP contribution in [0.2, 0.25) is 0 Å². The van der Waals surface area contributed by atoms with E-state index in [1.807, 2.05) is 0 Å². The second-order valence-corrected chi connectivity index (χ2v) is 4.93. The molecule has 0 radical (unpaired) electrons. The molecule has 0 aliphatic heterocycles. The van der Waals surface area contributed by atoms with Gasteiger partial charge >= 0.3 is 0 Å². The van der Waals surface area contributed by atoms with Crippen LogP contribution in [0.15, 0.2) is 6.07 Å². The molecule has 106 valence electrons. The van der Waals surface area contributed by atoms with E-state index in [2.05, 4.69) is 18.0 Å². The molecule has 1 aromatic rings. The highest BCUT2D eigenvalue weighted by atomic mass is 16.5. The van der Waals surface area contributed by atoms with E-state index in [0.29, 0.717) is 25.6 Å². The first-order valence-electron chi connectivity index (χ1n) is 7.27. The van der Waals surface area contributed by atoms with Crippen LogP contribution in [0.3, 0.4) is 0 Å². The first-order valence-corrected chi connectivity index (χ1v) is 7.27. The van der Waals surface area contributed by atoms with Crippen molar-refractivity contribution in [1.82, 2.24) is 4.98 Å². The summed E-state index contributed by atoms with van der Waals surface area (Å²) in [6.07, 6.45) is 5.69. The van der Waals surface area contributed by atoms with Crippen molar-refractivity contribution in [2.45, 2.75) is 45.6 Å². The number of aryl methyl sites for hydroxylation is 2. The fourth-order valence-corrected chi connectivity index (χ4v) is 2.38. The lowest BCUT2D eigenvalue weighted by atomic mass is 9.95. The Hall–Kier alpha value is -1.13. The summed E-state index contributed by atoms with van der Waals surface area (Å²) in [6, 6.07) is 2.17. The summed E-state index contributed by atoms with van der Waals surface area (Å²) in [5.74, 6) is 0.697. The van der Waals surface area contributed by atoms with Crippen molar-refractivity contribution in [3.8, 4) is 5.88 Å². The van der Waals surface area contributed by atoms with Gasteiger partial charge in [-0.25, -0.2) is 4.98 Å². The zero-order chi connectivity index (χ0) is 13.5. The first kappa shape index (κ1) is 14.3. The monoisotopic (exact) mass is 264 g/mol. The largest absolute Gasteiger partial charge is 0.475 e. The maximum Gasteiger partial charge on any atom is 0.218 e. The van der Waals surface area contributed by atoms with Gasteiger partial charge in [-0.1, -0.05) is 6.92 Å². The Morgan fingerprint density at radius 1 is 1.21 bits per heavy atom. The molecule has 0 aromatic carbocycles. The molecule has 0 saturated heterocycles. The quantitative estimate of drug-likeness (QED) is 0.767. The molecule has 0 bridgehead atoms. The summed E-state index contributed by atoms with van der Waals surface area (Å²) < 4.78 is 11.1. The molecule has 0 amide bonds. The number of nitrogens with two attached hydrogens (primary N) is 1. The molecule has 1 aliphatic carbocycles. The predicted octanol–water partition coefficient (Wildman–Crippen LogP) is 2.22. The topological polar surface area (TPSA) is 57.4 Å². The van der Waals surface area contributed by atoms with E-state index in [-0.39, 0.29) is 0 Å². The minimum atomic E-state index is 0.478. The first-order chi connectivity index (χ1) is 9.35. The lowest BCUT2D eigenvalue weighted by Crippen LogP contribution is -2.14. The maximum atomic E-state index is 5.78. The van der Waals surface area contributed by atoms with Crippen LogP contribution >= 0.6 is 0 Å². The second kappa shape index (κ2) is 7.46. The van der Waals surface area contributed by atoms with E-state index >= 15 is 0 Å². The van der Waals surface area contributed by atoms with Crippen molar-refractivity contribution in [2.75, 3.05) is 19.8 Å². The van der Waals surface area contributed by atoms with Gasteiger partial charge in [0.15, 0.2) is 0 Å². The van der Waals surface area contributed by atoms with E-state index in [1.165, 1.54) is 24.1 Å². The van der Waals surface area contributed by atoms with E-state index in [9.17, 15) is 0 Å². The van der Waals surface area contributed by atoms with Crippen molar-refractivity contribution in [2.24, 2.45) is 5.73 Å². The second-order valence-electron chi connectivity index (χ2n) is 4.93. The Kier molecular flexibility index (Phi) is 5.61. The highest BCUT2D eigenvalue weighted by molar-refractivity contribution is 5.35.